The van der Waals surface area contributed by atoms with Crippen LogP contribution in [0.4, 0.5) is 4.79 Å². The molecule has 0 unspecified atom stereocenters. The Morgan fingerprint density at radius 1 is 1.00 bits per heavy atom. The number of imide groups is 1. The van der Waals surface area contributed by atoms with E-state index >= 15 is 0 Å². The lowest BCUT2D eigenvalue weighted by molar-refractivity contribution is -0.135. The molecule has 0 aliphatic carbocycles. The van der Waals surface area contributed by atoms with Crippen LogP contribution in [0.1, 0.15) is 42.5 Å². The zero-order valence-corrected chi connectivity index (χ0v) is 21.8. The maximum absolute atomic E-state index is 13.2. The predicted molar refractivity (Wildman–Crippen MR) is 145 cm³/mol. The molecule has 0 atom stereocenters. The van der Waals surface area contributed by atoms with E-state index in [-0.39, 0.29) is 12.5 Å². The molecule has 2 aliphatic rings. The molecule has 0 radical (unpaired) electrons. The highest BCUT2D eigenvalue weighted by molar-refractivity contribution is 8.18. The van der Waals surface area contributed by atoms with Gasteiger partial charge in [-0.25, -0.2) is 0 Å². The van der Waals surface area contributed by atoms with Gasteiger partial charge in [-0.2, -0.15) is 0 Å². The topological polar surface area (TPSA) is 62.6 Å². The largest absolute Gasteiger partial charge is 0.341 e. The quantitative estimate of drug-likeness (QED) is 0.381. The molecule has 186 valence electrons. The van der Waals surface area contributed by atoms with Crippen molar-refractivity contribution in [3.8, 4) is 0 Å². The minimum Gasteiger partial charge on any atom is -0.341 e. The van der Waals surface area contributed by atoms with Crippen LogP contribution in [0.3, 0.4) is 0 Å². The van der Waals surface area contributed by atoms with Gasteiger partial charge < -0.3 is 9.47 Å². The van der Waals surface area contributed by atoms with Crippen LogP contribution >= 0.6 is 23.4 Å². The van der Waals surface area contributed by atoms with Crippen molar-refractivity contribution in [2.45, 2.75) is 39.2 Å². The van der Waals surface area contributed by atoms with Crippen molar-refractivity contribution in [3.63, 3.8) is 0 Å². The number of hydrogen-bond acceptors (Lipinski definition) is 4. The number of nitrogens with zero attached hydrogens (tertiary/aromatic N) is 3. The van der Waals surface area contributed by atoms with Gasteiger partial charge in [0, 0.05) is 46.8 Å². The van der Waals surface area contributed by atoms with Gasteiger partial charge in [0.15, 0.2) is 0 Å². The third kappa shape index (κ3) is 4.82. The van der Waals surface area contributed by atoms with Crippen molar-refractivity contribution in [1.29, 1.82) is 0 Å². The minimum atomic E-state index is -0.407. The molecule has 0 saturated carbocycles. The van der Waals surface area contributed by atoms with Crippen molar-refractivity contribution in [2.24, 2.45) is 0 Å². The second-order valence-electron chi connectivity index (χ2n) is 9.26. The van der Waals surface area contributed by atoms with E-state index < -0.39 is 11.1 Å². The SMILES string of the molecule is Cc1c(C=C2SC(=O)N(CC(=O)N3CCCCCC3)C2=O)c2ccccc2n1Cc1ccccc1Cl. The number of hydrogen-bond donors (Lipinski definition) is 0. The fourth-order valence-electron chi connectivity index (χ4n) is 4.96. The van der Waals surface area contributed by atoms with Gasteiger partial charge in [-0.15, -0.1) is 0 Å². The van der Waals surface area contributed by atoms with E-state index in [2.05, 4.69) is 4.57 Å². The maximum atomic E-state index is 13.2. The standard InChI is InChI=1S/C28H28ClN3O3S/c1-19-22(21-11-5-7-13-24(21)31(19)17-20-10-4-6-12-23(20)29)16-25-27(34)32(28(35)36-25)18-26(33)30-14-8-2-3-9-15-30/h4-7,10-13,16H,2-3,8-9,14-15,17-18H2,1H3. The highest BCUT2D eigenvalue weighted by Crippen LogP contribution is 2.36. The molecule has 0 spiro atoms. The average molecular weight is 522 g/mol. The summed E-state index contributed by atoms with van der Waals surface area (Å²) in [5.74, 6) is -0.566. The number of carbonyl (C=O) groups excluding carboxylic acids is 3. The van der Waals surface area contributed by atoms with Crippen LogP contribution in [-0.4, -0.2) is 51.1 Å². The second kappa shape index (κ2) is 10.5. The summed E-state index contributed by atoms with van der Waals surface area (Å²) in [6.45, 7) is 3.78. The Hall–Kier alpha value is -3.03. The summed E-state index contributed by atoms with van der Waals surface area (Å²) in [6, 6.07) is 15.8. The number of likely N-dealkylation sites (tertiary alicyclic amines) is 1. The Bertz CT molecular complexity index is 1370. The number of rotatable bonds is 5. The molecule has 3 amide bonds. The maximum Gasteiger partial charge on any atom is 0.294 e. The molecule has 2 saturated heterocycles. The smallest absolute Gasteiger partial charge is 0.294 e. The van der Waals surface area contributed by atoms with Gasteiger partial charge in [-0.05, 0) is 55.3 Å². The van der Waals surface area contributed by atoms with Gasteiger partial charge >= 0.3 is 0 Å². The van der Waals surface area contributed by atoms with Crippen molar-refractivity contribution in [2.75, 3.05) is 19.6 Å². The minimum absolute atomic E-state index is 0.159. The van der Waals surface area contributed by atoms with Crippen LogP contribution in [-0.2, 0) is 16.1 Å². The van der Waals surface area contributed by atoms with Gasteiger partial charge in [0.1, 0.15) is 6.54 Å². The first-order chi connectivity index (χ1) is 17.4. The first-order valence-corrected chi connectivity index (χ1v) is 13.5. The number of amides is 3. The molecule has 0 bridgehead atoms. The Kier molecular flexibility index (Phi) is 7.21. The van der Waals surface area contributed by atoms with Gasteiger partial charge in [0.25, 0.3) is 11.1 Å². The summed E-state index contributed by atoms with van der Waals surface area (Å²) in [5.41, 5.74) is 3.89. The van der Waals surface area contributed by atoms with Gasteiger partial charge in [0.05, 0.1) is 4.91 Å². The molecule has 3 aromatic rings. The summed E-state index contributed by atoms with van der Waals surface area (Å²) in [4.78, 5) is 42.0. The highest BCUT2D eigenvalue weighted by atomic mass is 35.5. The van der Waals surface area contributed by atoms with E-state index in [1.165, 1.54) is 0 Å². The first-order valence-electron chi connectivity index (χ1n) is 12.3. The van der Waals surface area contributed by atoms with E-state index in [0.717, 1.165) is 70.1 Å². The van der Waals surface area contributed by atoms with E-state index in [0.29, 0.717) is 29.6 Å². The number of halogens is 1. The van der Waals surface area contributed by atoms with Crippen LogP contribution in [0.15, 0.2) is 53.4 Å². The number of benzene rings is 2. The van der Waals surface area contributed by atoms with Crippen LogP contribution in [0.5, 0.6) is 0 Å². The van der Waals surface area contributed by atoms with Crippen molar-refractivity contribution < 1.29 is 14.4 Å². The average Bonchev–Trinajstić information content (AvgIpc) is 3.14. The van der Waals surface area contributed by atoms with E-state index in [4.69, 9.17) is 11.6 Å². The molecule has 2 aliphatic heterocycles. The highest BCUT2D eigenvalue weighted by Gasteiger charge is 2.37. The number of para-hydroxylation sites is 1. The zero-order valence-electron chi connectivity index (χ0n) is 20.2. The van der Waals surface area contributed by atoms with Crippen LogP contribution in [0.25, 0.3) is 17.0 Å². The Morgan fingerprint density at radius 3 is 2.44 bits per heavy atom. The van der Waals surface area contributed by atoms with Crippen molar-refractivity contribution in [3.05, 3.63) is 75.3 Å². The van der Waals surface area contributed by atoms with Crippen LogP contribution in [0.2, 0.25) is 5.02 Å². The Balaban J connectivity index is 1.43. The van der Waals surface area contributed by atoms with Gasteiger partial charge in [0.2, 0.25) is 5.91 Å². The molecule has 3 heterocycles. The fourth-order valence-corrected chi connectivity index (χ4v) is 5.98. The zero-order chi connectivity index (χ0) is 25.2. The molecule has 36 heavy (non-hydrogen) atoms. The predicted octanol–water partition coefficient (Wildman–Crippen LogP) is 6.09. The normalized spacial score (nSPS) is 17.9. The van der Waals surface area contributed by atoms with E-state index in [1.54, 1.807) is 11.0 Å². The Morgan fingerprint density at radius 2 is 1.69 bits per heavy atom. The lowest BCUT2D eigenvalue weighted by Crippen LogP contribution is -2.42. The Labute approximate surface area is 219 Å². The lowest BCUT2D eigenvalue weighted by atomic mass is 10.1. The summed E-state index contributed by atoms with van der Waals surface area (Å²) in [7, 11) is 0. The number of fused-ring (bicyclic) bond motifs is 1. The fraction of sp³-hybridized carbons (Fsp3) is 0.321. The monoisotopic (exact) mass is 521 g/mol. The van der Waals surface area contributed by atoms with Gasteiger partial charge in [-0.1, -0.05) is 60.8 Å². The molecule has 1 aromatic heterocycles. The first kappa shape index (κ1) is 24.7. The number of aromatic nitrogens is 1. The summed E-state index contributed by atoms with van der Waals surface area (Å²) >= 11 is 7.33. The van der Waals surface area contributed by atoms with Crippen molar-refractivity contribution >= 4 is 57.4 Å². The molecule has 5 rings (SSSR count). The van der Waals surface area contributed by atoms with E-state index in [1.807, 2.05) is 55.5 Å². The van der Waals surface area contributed by atoms with Crippen LogP contribution < -0.4 is 0 Å². The molecule has 8 heteroatoms. The molecule has 2 aromatic carbocycles. The third-order valence-electron chi connectivity index (χ3n) is 6.97. The second-order valence-corrected chi connectivity index (χ2v) is 10.7. The molecule has 0 N–H and O–H groups in total. The molecule has 2 fully saturated rings. The molecular formula is C28H28ClN3O3S. The number of thioether (sulfide) groups is 1. The summed E-state index contributed by atoms with van der Waals surface area (Å²) < 4.78 is 2.18. The molecule has 6 nitrogen and oxygen atoms in total. The van der Waals surface area contributed by atoms with E-state index in [9.17, 15) is 14.4 Å². The lowest BCUT2D eigenvalue weighted by Gasteiger charge is -2.22. The summed E-state index contributed by atoms with van der Waals surface area (Å²) in [6.07, 6.45) is 5.94. The number of carbonyl (C=O) groups is 3. The summed E-state index contributed by atoms with van der Waals surface area (Å²) in [5, 5.41) is 1.30. The van der Waals surface area contributed by atoms with Crippen molar-refractivity contribution in [1.82, 2.24) is 14.4 Å². The third-order valence-corrected chi connectivity index (χ3v) is 8.24. The van der Waals surface area contributed by atoms with Gasteiger partial charge in [-0.3, -0.25) is 19.3 Å². The molecular weight excluding hydrogens is 494 g/mol. The van der Waals surface area contributed by atoms with Crippen LogP contribution in [0, 0.1) is 6.92 Å².